The van der Waals surface area contributed by atoms with E-state index < -0.39 is 11.7 Å². The summed E-state index contributed by atoms with van der Waals surface area (Å²) in [4.78, 5) is 4.41. The molecule has 0 atom stereocenters. The predicted molar refractivity (Wildman–Crippen MR) is 255 cm³/mol. The van der Waals surface area contributed by atoms with Crippen LogP contribution in [0.5, 0.6) is 0 Å². The number of benzene rings is 5. The number of rotatable bonds is 2. The van der Waals surface area contributed by atoms with Crippen LogP contribution in [-0.2, 0) is 33.3 Å². The summed E-state index contributed by atoms with van der Waals surface area (Å²) in [5.41, 5.74) is 13.8. The van der Waals surface area contributed by atoms with E-state index in [1.807, 2.05) is 0 Å². The minimum absolute atomic E-state index is 0.00433. The van der Waals surface area contributed by atoms with Crippen molar-refractivity contribution in [2.75, 3.05) is 9.80 Å². The molecular formula is C54H58BF3N2S. The molecule has 6 aromatic rings. The summed E-state index contributed by atoms with van der Waals surface area (Å²) in [5.74, 6) is 0. The Balaban J connectivity index is 1.36. The van der Waals surface area contributed by atoms with E-state index >= 15 is 13.2 Å². The van der Waals surface area contributed by atoms with Gasteiger partial charge in [-0.05, 0) is 157 Å². The van der Waals surface area contributed by atoms with Crippen molar-refractivity contribution in [2.45, 2.75) is 142 Å². The van der Waals surface area contributed by atoms with Crippen molar-refractivity contribution < 1.29 is 13.2 Å². The number of alkyl halides is 3. The Morgan fingerprint density at radius 3 is 1.74 bits per heavy atom. The summed E-state index contributed by atoms with van der Waals surface area (Å²) in [6.07, 6.45) is -0.342. The molecule has 0 N–H and O–H groups in total. The number of fused-ring (bicyclic) bond motifs is 8. The lowest BCUT2D eigenvalue weighted by molar-refractivity contribution is -0.137. The zero-order valence-corrected chi connectivity index (χ0v) is 38.7. The van der Waals surface area contributed by atoms with E-state index in [1.54, 1.807) is 11.3 Å². The highest BCUT2D eigenvalue weighted by Crippen LogP contribution is 2.54. The second kappa shape index (κ2) is 12.8. The monoisotopic (exact) mass is 834 g/mol. The molecule has 0 unspecified atom stereocenters. The third kappa shape index (κ3) is 6.02. The highest BCUT2D eigenvalue weighted by atomic mass is 32.1. The van der Waals surface area contributed by atoms with Crippen LogP contribution in [0.15, 0.2) is 84.9 Å². The van der Waals surface area contributed by atoms with Gasteiger partial charge in [0.05, 0.1) is 10.6 Å². The molecule has 0 saturated heterocycles. The maximum atomic E-state index is 15.7. The van der Waals surface area contributed by atoms with Crippen LogP contribution in [0.25, 0.3) is 10.1 Å². The Labute approximate surface area is 365 Å². The highest BCUT2D eigenvalue weighted by molar-refractivity contribution is 7.26. The fourth-order valence-electron chi connectivity index (χ4n) is 11.3. The lowest BCUT2D eigenvalue weighted by Crippen LogP contribution is -2.61. The lowest BCUT2D eigenvalue weighted by Gasteiger charge is -2.47. The number of thiophene rings is 1. The number of anilines is 6. The van der Waals surface area contributed by atoms with Gasteiger partial charge in [0, 0.05) is 33.1 Å². The molecule has 10 rings (SSSR count). The number of aryl methyl sites for hydroxylation is 1. The zero-order chi connectivity index (χ0) is 43.6. The van der Waals surface area contributed by atoms with Crippen molar-refractivity contribution >= 4 is 78.0 Å². The maximum absolute atomic E-state index is 15.7. The van der Waals surface area contributed by atoms with Crippen LogP contribution < -0.4 is 26.2 Å². The van der Waals surface area contributed by atoms with Crippen LogP contribution in [-0.4, -0.2) is 6.71 Å². The summed E-state index contributed by atoms with van der Waals surface area (Å²) < 4.78 is 48.1. The SMILES string of the molecule is Cc1cc(C(C)(C)C)ccc1N1c2cc(C(F)(F)F)cc3c2B(c2cc4c(cc2N3c2ccc3c(c2)C(C)(C)CCC3(C)C)C(C)(C)CCC4(C)C)c2c1sc1ccccc21. The van der Waals surface area contributed by atoms with Gasteiger partial charge in [-0.25, -0.2) is 0 Å². The zero-order valence-electron chi connectivity index (χ0n) is 37.9. The second-order valence-electron chi connectivity index (χ2n) is 22.3. The quantitative estimate of drug-likeness (QED) is 0.160. The number of hydrogen-bond acceptors (Lipinski definition) is 3. The van der Waals surface area contributed by atoms with Gasteiger partial charge in [0.1, 0.15) is 0 Å². The summed E-state index contributed by atoms with van der Waals surface area (Å²) >= 11 is 1.69. The smallest absolute Gasteiger partial charge is 0.311 e. The maximum Gasteiger partial charge on any atom is 0.416 e. The van der Waals surface area contributed by atoms with Gasteiger partial charge >= 0.3 is 6.18 Å². The molecule has 2 aliphatic heterocycles. The van der Waals surface area contributed by atoms with Crippen LogP contribution in [0.1, 0.15) is 141 Å². The Morgan fingerprint density at radius 2 is 1.13 bits per heavy atom. The fourth-order valence-corrected chi connectivity index (χ4v) is 12.6. The number of hydrogen-bond donors (Lipinski definition) is 0. The third-order valence-corrected chi connectivity index (χ3v) is 16.5. The van der Waals surface area contributed by atoms with Crippen molar-refractivity contribution in [1.82, 2.24) is 0 Å². The Morgan fingerprint density at radius 1 is 0.557 bits per heavy atom. The molecule has 3 heterocycles. The third-order valence-electron chi connectivity index (χ3n) is 15.3. The largest absolute Gasteiger partial charge is 0.416 e. The van der Waals surface area contributed by atoms with Gasteiger partial charge in [-0.15, -0.1) is 11.3 Å². The molecule has 314 valence electrons. The van der Waals surface area contributed by atoms with Crippen LogP contribution in [0.3, 0.4) is 0 Å². The minimum atomic E-state index is -4.58. The van der Waals surface area contributed by atoms with Crippen molar-refractivity contribution in [3.63, 3.8) is 0 Å². The van der Waals surface area contributed by atoms with Gasteiger partial charge in [-0.2, -0.15) is 13.2 Å². The molecule has 0 bridgehead atoms. The molecule has 0 amide bonds. The van der Waals surface area contributed by atoms with Gasteiger partial charge in [-0.3, -0.25) is 0 Å². The molecule has 2 nitrogen and oxygen atoms in total. The molecule has 1 aromatic heterocycles. The Kier molecular flexibility index (Phi) is 8.52. The average Bonchev–Trinajstić information content (AvgIpc) is 3.56. The predicted octanol–water partition coefficient (Wildman–Crippen LogP) is 14.3. The van der Waals surface area contributed by atoms with Gasteiger partial charge < -0.3 is 9.80 Å². The van der Waals surface area contributed by atoms with Crippen LogP contribution in [0, 0.1) is 6.92 Å². The highest BCUT2D eigenvalue weighted by Gasteiger charge is 2.49. The second-order valence-corrected chi connectivity index (χ2v) is 23.4. The standard InChI is InChI=1S/C54H58BF3N2S/c1-31-25-32(49(2,3)4)17-20-41(31)60-44-27-33(54(56,57)58)26-43-47(44)55(46-35-15-13-14-16-45(35)61-48(46)60)40-29-38-39(53(11,12)24-23-52(38,9)10)30-42(40)59(43)34-18-19-36-37(28-34)51(7,8)22-21-50(36,5)6/h13-20,25-30H,21-24H2,1-12H3. The average molecular weight is 835 g/mol. The van der Waals surface area contributed by atoms with Gasteiger partial charge in [0.15, 0.2) is 0 Å². The van der Waals surface area contributed by atoms with Crippen LogP contribution in [0.4, 0.5) is 46.6 Å². The first-order valence-corrected chi connectivity index (χ1v) is 23.0. The fraction of sp³-hybridized carbons (Fsp3) is 0.407. The van der Waals surface area contributed by atoms with E-state index in [9.17, 15) is 0 Å². The first-order chi connectivity index (χ1) is 28.4. The Bertz CT molecular complexity index is 2830. The van der Waals surface area contributed by atoms with Crippen molar-refractivity contribution in [3.05, 3.63) is 124 Å². The van der Waals surface area contributed by atoms with Crippen molar-refractivity contribution in [1.29, 1.82) is 0 Å². The summed E-state index contributed by atoms with van der Waals surface area (Å²) in [5, 5.41) is 2.15. The van der Waals surface area contributed by atoms with Crippen molar-refractivity contribution in [2.24, 2.45) is 0 Å². The van der Waals surface area contributed by atoms with E-state index in [-0.39, 0.29) is 33.8 Å². The molecule has 5 aromatic carbocycles. The first-order valence-electron chi connectivity index (χ1n) is 22.2. The summed E-state index contributed by atoms with van der Waals surface area (Å²) in [7, 11) is 0. The summed E-state index contributed by atoms with van der Waals surface area (Å²) in [6, 6.07) is 29.7. The molecule has 0 spiro atoms. The molecule has 4 aliphatic rings. The van der Waals surface area contributed by atoms with E-state index in [0.29, 0.717) is 11.4 Å². The van der Waals surface area contributed by atoms with Crippen LogP contribution >= 0.6 is 11.3 Å². The molecule has 0 saturated carbocycles. The number of nitrogens with zero attached hydrogens (tertiary/aromatic N) is 2. The molecule has 61 heavy (non-hydrogen) atoms. The van der Waals surface area contributed by atoms with E-state index in [4.69, 9.17) is 0 Å². The molecule has 2 aliphatic carbocycles. The van der Waals surface area contributed by atoms with E-state index in [1.165, 1.54) is 50.9 Å². The van der Waals surface area contributed by atoms with E-state index in [0.717, 1.165) is 68.9 Å². The molecule has 0 fully saturated rings. The molecule has 0 radical (unpaired) electrons. The van der Waals surface area contributed by atoms with Crippen molar-refractivity contribution in [3.8, 4) is 0 Å². The number of halogens is 3. The summed E-state index contributed by atoms with van der Waals surface area (Å²) in [6.45, 7) is 27.2. The van der Waals surface area contributed by atoms with E-state index in [2.05, 4.69) is 166 Å². The molecular weight excluding hydrogens is 776 g/mol. The van der Waals surface area contributed by atoms with Gasteiger partial charge in [0.25, 0.3) is 6.71 Å². The topological polar surface area (TPSA) is 6.48 Å². The lowest BCUT2D eigenvalue weighted by atomic mass is 9.33. The minimum Gasteiger partial charge on any atom is -0.311 e. The van der Waals surface area contributed by atoms with Gasteiger partial charge in [-0.1, -0.05) is 119 Å². The normalized spacial score (nSPS) is 19.2. The Hall–Kier alpha value is -4.49. The first kappa shape index (κ1) is 40.6. The van der Waals surface area contributed by atoms with Crippen LogP contribution in [0.2, 0.25) is 0 Å². The molecule has 7 heteroatoms. The van der Waals surface area contributed by atoms with Gasteiger partial charge in [0.2, 0.25) is 0 Å².